The van der Waals surface area contributed by atoms with Crippen molar-refractivity contribution in [3.05, 3.63) is 42.0 Å². The van der Waals surface area contributed by atoms with Gasteiger partial charge in [0.2, 0.25) is 5.91 Å². The minimum Gasteiger partial charge on any atom is -0.394 e. The normalized spacial score (nSPS) is 17.5. The van der Waals surface area contributed by atoms with E-state index >= 15 is 0 Å². The first-order chi connectivity index (χ1) is 10.7. The van der Waals surface area contributed by atoms with E-state index in [0.717, 1.165) is 29.9 Å². The van der Waals surface area contributed by atoms with Crippen LogP contribution in [0.3, 0.4) is 0 Å². The fourth-order valence-corrected chi connectivity index (χ4v) is 3.66. The molecule has 120 valence electrons. The Morgan fingerprint density at radius 2 is 2.05 bits per heavy atom. The van der Waals surface area contributed by atoms with Crippen LogP contribution in [0.4, 0.5) is 0 Å². The van der Waals surface area contributed by atoms with Gasteiger partial charge in [0.1, 0.15) is 0 Å². The van der Waals surface area contributed by atoms with Crippen LogP contribution in [-0.2, 0) is 9.53 Å². The minimum absolute atomic E-state index is 0.0107. The monoisotopic (exact) mass is 321 g/mol. The lowest BCUT2D eigenvalue weighted by molar-refractivity contribution is -0.119. The van der Waals surface area contributed by atoms with E-state index in [2.05, 4.69) is 5.32 Å². The third-order valence-electron chi connectivity index (χ3n) is 3.72. The predicted octanol–water partition coefficient (Wildman–Crippen LogP) is 2.09. The molecule has 0 radical (unpaired) electrons. The third kappa shape index (κ3) is 5.48. The number of carbonyl (C=O) groups is 1. The van der Waals surface area contributed by atoms with Crippen molar-refractivity contribution in [2.45, 2.75) is 18.4 Å². The van der Waals surface area contributed by atoms with Crippen molar-refractivity contribution in [3.63, 3.8) is 0 Å². The van der Waals surface area contributed by atoms with Crippen LogP contribution in [0.5, 0.6) is 0 Å². The van der Waals surface area contributed by atoms with Crippen molar-refractivity contribution >= 4 is 23.7 Å². The number of hydrogen-bond donors (Lipinski definition) is 2. The number of benzene rings is 1. The summed E-state index contributed by atoms with van der Waals surface area (Å²) in [6.45, 7) is 0.822. The molecule has 4 nitrogen and oxygen atoms in total. The summed E-state index contributed by atoms with van der Waals surface area (Å²) in [5.41, 5.74) is 0.669. The van der Waals surface area contributed by atoms with Gasteiger partial charge < -0.3 is 15.2 Å². The van der Waals surface area contributed by atoms with E-state index in [1.54, 1.807) is 12.2 Å². The van der Waals surface area contributed by atoms with E-state index in [9.17, 15) is 4.79 Å². The lowest BCUT2D eigenvalue weighted by atomic mass is 9.96. The van der Waals surface area contributed by atoms with Crippen molar-refractivity contribution in [2.24, 2.45) is 0 Å². The SMILES string of the molecule is O=C(/C=C/c1ccccc1)NCC1(OCCO)CCSCC1. The number of aliphatic hydroxyl groups is 1. The van der Waals surface area contributed by atoms with Gasteiger partial charge >= 0.3 is 0 Å². The van der Waals surface area contributed by atoms with Gasteiger partial charge in [-0.15, -0.1) is 0 Å². The molecule has 1 amide bonds. The molecule has 1 heterocycles. The van der Waals surface area contributed by atoms with E-state index in [1.807, 2.05) is 42.1 Å². The van der Waals surface area contributed by atoms with Crippen LogP contribution in [0.15, 0.2) is 36.4 Å². The number of ether oxygens (including phenoxy) is 1. The zero-order valence-corrected chi connectivity index (χ0v) is 13.5. The summed E-state index contributed by atoms with van der Waals surface area (Å²) >= 11 is 1.90. The summed E-state index contributed by atoms with van der Waals surface area (Å²) in [4.78, 5) is 12.0. The highest BCUT2D eigenvalue weighted by atomic mass is 32.2. The molecule has 1 aromatic rings. The van der Waals surface area contributed by atoms with Crippen molar-refractivity contribution in [2.75, 3.05) is 31.3 Å². The quantitative estimate of drug-likeness (QED) is 0.755. The number of rotatable bonds is 7. The summed E-state index contributed by atoms with van der Waals surface area (Å²) in [7, 11) is 0. The molecule has 0 spiro atoms. The molecule has 5 heteroatoms. The van der Waals surface area contributed by atoms with Crippen LogP contribution in [0.2, 0.25) is 0 Å². The standard InChI is InChI=1S/C17H23NO3S/c19-10-11-21-17(8-12-22-13-9-17)14-18-16(20)7-6-15-4-2-1-3-5-15/h1-7,19H,8-14H2,(H,18,20)/b7-6+. The molecule has 0 unspecified atom stereocenters. The molecule has 2 rings (SSSR count). The van der Waals surface area contributed by atoms with Gasteiger partial charge in [0.05, 0.1) is 18.8 Å². The minimum atomic E-state index is -0.329. The number of hydrogen-bond acceptors (Lipinski definition) is 4. The van der Waals surface area contributed by atoms with Crippen molar-refractivity contribution in [1.29, 1.82) is 0 Å². The molecule has 0 aliphatic carbocycles. The molecule has 22 heavy (non-hydrogen) atoms. The highest BCUT2D eigenvalue weighted by molar-refractivity contribution is 7.99. The Labute approximate surface area is 135 Å². The Kier molecular flexibility index (Phi) is 6.96. The Balaban J connectivity index is 1.85. The number of aliphatic hydroxyl groups excluding tert-OH is 1. The van der Waals surface area contributed by atoms with E-state index in [-0.39, 0.29) is 18.1 Å². The van der Waals surface area contributed by atoms with Crippen molar-refractivity contribution in [3.8, 4) is 0 Å². The predicted molar refractivity (Wildman–Crippen MR) is 90.8 cm³/mol. The second-order valence-electron chi connectivity index (χ2n) is 5.33. The maximum Gasteiger partial charge on any atom is 0.244 e. The molecule has 1 aliphatic rings. The molecule has 2 N–H and O–H groups in total. The maximum atomic E-state index is 12.0. The number of thioether (sulfide) groups is 1. The van der Waals surface area contributed by atoms with Crippen LogP contribution in [0.1, 0.15) is 18.4 Å². The van der Waals surface area contributed by atoms with E-state index < -0.39 is 0 Å². The fraction of sp³-hybridized carbons (Fsp3) is 0.471. The largest absolute Gasteiger partial charge is 0.394 e. The number of carbonyl (C=O) groups excluding carboxylic acids is 1. The van der Waals surface area contributed by atoms with Gasteiger partial charge in [0, 0.05) is 12.6 Å². The number of nitrogens with one attached hydrogen (secondary N) is 1. The first-order valence-corrected chi connectivity index (χ1v) is 8.73. The first-order valence-electron chi connectivity index (χ1n) is 7.58. The second-order valence-corrected chi connectivity index (χ2v) is 6.55. The van der Waals surface area contributed by atoms with Crippen LogP contribution >= 0.6 is 11.8 Å². The molecule has 0 aromatic heterocycles. The second kappa shape index (κ2) is 8.98. The van der Waals surface area contributed by atoms with Crippen molar-refractivity contribution in [1.82, 2.24) is 5.32 Å². The van der Waals surface area contributed by atoms with Gasteiger partial charge in [-0.05, 0) is 36.0 Å². The average molecular weight is 321 g/mol. The molecule has 0 saturated carbocycles. The topological polar surface area (TPSA) is 58.6 Å². The van der Waals surface area contributed by atoms with E-state index in [1.165, 1.54) is 0 Å². The lowest BCUT2D eigenvalue weighted by Crippen LogP contribution is -2.47. The molecular formula is C17H23NO3S. The molecule has 1 aliphatic heterocycles. The summed E-state index contributed by atoms with van der Waals surface area (Å²) in [5, 5.41) is 11.9. The molecule has 0 bridgehead atoms. The van der Waals surface area contributed by atoms with Crippen LogP contribution in [-0.4, -0.2) is 47.9 Å². The summed E-state index contributed by atoms with van der Waals surface area (Å²) in [5.74, 6) is 1.94. The molecular weight excluding hydrogens is 298 g/mol. The van der Waals surface area contributed by atoms with Gasteiger partial charge in [-0.2, -0.15) is 11.8 Å². The van der Waals surface area contributed by atoms with Gasteiger partial charge in [-0.1, -0.05) is 30.3 Å². The zero-order chi connectivity index (χ0) is 15.7. The maximum absolute atomic E-state index is 12.0. The molecule has 0 atom stereocenters. The smallest absolute Gasteiger partial charge is 0.244 e. The van der Waals surface area contributed by atoms with Gasteiger partial charge in [-0.25, -0.2) is 0 Å². The Hall–Kier alpha value is -1.30. The fourth-order valence-electron chi connectivity index (χ4n) is 2.42. The Bertz CT molecular complexity index is 484. The van der Waals surface area contributed by atoms with Crippen LogP contribution in [0, 0.1) is 0 Å². The highest BCUT2D eigenvalue weighted by Crippen LogP contribution is 2.29. The van der Waals surface area contributed by atoms with Gasteiger partial charge in [0.15, 0.2) is 0 Å². The number of amides is 1. The van der Waals surface area contributed by atoms with E-state index in [0.29, 0.717) is 13.2 Å². The first kappa shape index (κ1) is 17.1. The molecule has 1 aromatic carbocycles. The Morgan fingerprint density at radius 3 is 2.73 bits per heavy atom. The lowest BCUT2D eigenvalue weighted by Gasteiger charge is -2.36. The molecule has 1 fully saturated rings. The van der Waals surface area contributed by atoms with Gasteiger partial charge in [-0.3, -0.25) is 4.79 Å². The summed E-state index contributed by atoms with van der Waals surface area (Å²) in [6, 6.07) is 9.73. The van der Waals surface area contributed by atoms with Gasteiger partial charge in [0.25, 0.3) is 0 Å². The summed E-state index contributed by atoms with van der Waals surface area (Å²) < 4.78 is 5.83. The average Bonchev–Trinajstić information content (AvgIpc) is 2.58. The third-order valence-corrected chi connectivity index (χ3v) is 4.70. The van der Waals surface area contributed by atoms with Crippen LogP contribution in [0.25, 0.3) is 6.08 Å². The van der Waals surface area contributed by atoms with Crippen molar-refractivity contribution < 1.29 is 14.6 Å². The molecule has 1 saturated heterocycles. The van der Waals surface area contributed by atoms with E-state index in [4.69, 9.17) is 9.84 Å². The highest BCUT2D eigenvalue weighted by Gasteiger charge is 2.33. The zero-order valence-electron chi connectivity index (χ0n) is 12.7. The Morgan fingerprint density at radius 1 is 1.32 bits per heavy atom. The van der Waals surface area contributed by atoms with Crippen LogP contribution < -0.4 is 5.32 Å². The summed E-state index contributed by atoms with van der Waals surface area (Å²) in [6.07, 6.45) is 5.15.